The van der Waals surface area contributed by atoms with Crippen LogP contribution in [0.3, 0.4) is 0 Å². The predicted molar refractivity (Wildman–Crippen MR) is 83.9 cm³/mol. The van der Waals surface area contributed by atoms with Gasteiger partial charge >= 0.3 is 0 Å². The highest BCUT2D eigenvalue weighted by molar-refractivity contribution is 7.99. The lowest BCUT2D eigenvalue weighted by molar-refractivity contribution is -0.135. The lowest BCUT2D eigenvalue weighted by Gasteiger charge is -2.31. The molecule has 2 rings (SSSR count). The molecule has 2 saturated heterocycles. The number of ketones is 1. The van der Waals surface area contributed by atoms with Crippen molar-refractivity contribution in [2.75, 3.05) is 18.1 Å². The Morgan fingerprint density at radius 1 is 1.05 bits per heavy atom. The zero-order valence-electron chi connectivity index (χ0n) is 12.6. The van der Waals surface area contributed by atoms with Crippen LogP contribution in [-0.2, 0) is 9.59 Å². The molecule has 114 valence electrons. The smallest absolute Gasteiger partial charge is 0.223 e. The minimum Gasteiger partial charge on any atom is -0.339 e. The zero-order valence-corrected chi connectivity index (χ0v) is 13.4. The second-order valence-electron chi connectivity index (χ2n) is 6.26. The summed E-state index contributed by atoms with van der Waals surface area (Å²) >= 11 is 2.00. The Morgan fingerprint density at radius 3 is 2.50 bits per heavy atom. The van der Waals surface area contributed by atoms with Crippen molar-refractivity contribution in [1.29, 1.82) is 0 Å². The Hall–Kier alpha value is -0.510. The molecule has 1 amide bonds. The standard InChI is InChI=1S/C16H27NO2S/c1-13(18)11-15-5-3-2-4-8-17(15)16(19)12-14-6-9-20-10-7-14/h14-15H,2-12H2,1H3. The molecule has 1 unspecified atom stereocenters. The van der Waals surface area contributed by atoms with Crippen LogP contribution in [0, 0.1) is 5.92 Å². The van der Waals surface area contributed by atoms with Crippen molar-refractivity contribution < 1.29 is 9.59 Å². The molecule has 20 heavy (non-hydrogen) atoms. The average Bonchev–Trinajstić information content (AvgIpc) is 2.64. The van der Waals surface area contributed by atoms with Gasteiger partial charge in [-0.1, -0.05) is 12.8 Å². The van der Waals surface area contributed by atoms with E-state index in [1.165, 1.54) is 30.8 Å². The van der Waals surface area contributed by atoms with Crippen molar-refractivity contribution in [2.24, 2.45) is 5.92 Å². The number of rotatable bonds is 4. The first-order chi connectivity index (χ1) is 9.66. The quantitative estimate of drug-likeness (QED) is 0.799. The topological polar surface area (TPSA) is 37.4 Å². The van der Waals surface area contributed by atoms with Gasteiger partial charge in [0.25, 0.3) is 0 Å². The highest BCUT2D eigenvalue weighted by Crippen LogP contribution is 2.27. The summed E-state index contributed by atoms with van der Waals surface area (Å²) < 4.78 is 0. The summed E-state index contributed by atoms with van der Waals surface area (Å²) in [5.41, 5.74) is 0. The van der Waals surface area contributed by atoms with E-state index in [2.05, 4.69) is 0 Å². The number of hydrogen-bond acceptors (Lipinski definition) is 3. The molecular weight excluding hydrogens is 270 g/mol. The van der Waals surface area contributed by atoms with Crippen LogP contribution in [0.15, 0.2) is 0 Å². The Bertz CT molecular complexity index is 339. The maximum absolute atomic E-state index is 12.6. The summed E-state index contributed by atoms with van der Waals surface area (Å²) in [6.45, 7) is 2.50. The Kier molecular flexibility index (Phi) is 6.40. The minimum atomic E-state index is 0.167. The summed E-state index contributed by atoms with van der Waals surface area (Å²) in [7, 11) is 0. The van der Waals surface area contributed by atoms with Crippen molar-refractivity contribution in [3.63, 3.8) is 0 Å². The van der Waals surface area contributed by atoms with Gasteiger partial charge in [-0.25, -0.2) is 0 Å². The van der Waals surface area contributed by atoms with Crippen molar-refractivity contribution in [1.82, 2.24) is 4.90 Å². The normalized spacial score (nSPS) is 25.2. The molecule has 0 aromatic heterocycles. The monoisotopic (exact) mass is 297 g/mol. The van der Waals surface area contributed by atoms with Gasteiger partial charge in [-0.2, -0.15) is 11.8 Å². The fourth-order valence-corrected chi connectivity index (χ4v) is 4.57. The highest BCUT2D eigenvalue weighted by atomic mass is 32.2. The predicted octanol–water partition coefficient (Wildman–Crippen LogP) is 3.27. The SMILES string of the molecule is CC(=O)CC1CCCCCN1C(=O)CC1CCSCC1. The lowest BCUT2D eigenvalue weighted by Crippen LogP contribution is -2.41. The van der Waals surface area contributed by atoms with E-state index in [4.69, 9.17) is 0 Å². The van der Waals surface area contributed by atoms with E-state index in [9.17, 15) is 9.59 Å². The zero-order chi connectivity index (χ0) is 14.4. The molecule has 0 aromatic carbocycles. The molecule has 0 aromatic rings. The molecule has 0 saturated carbocycles. The van der Waals surface area contributed by atoms with Crippen LogP contribution in [0.1, 0.15) is 58.3 Å². The number of amides is 1. The summed E-state index contributed by atoms with van der Waals surface area (Å²) in [6.07, 6.45) is 8.07. The first-order valence-electron chi connectivity index (χ1n) is 8.03. The number of nitrogens with zero attached hydrogens (tertiary/aromatic N) is 1. The molecule has 2 aliphatic heterocycles. The van der Waals surface area contributed by atoms with Gasteiger partial charge in [0, 0.05) is 25.4 Å². The summed E-state index contributed by atoms with van der Waals surface area (Å²) in [5.74, 6) is 3.49. The van der Waals surface area contributed by atoms with Gasteiger partial charge < -0.3 is 4.90 Å². The minimum absolute atomic E-state index is 0.167. The van der Waals surface area contributed by atoms with E-state index in [0.717, 1.165) is 25.8 Å². The number of thioether (sulfide) groups is 1. The van der Waals surface area contributed by atoms with Crippen LogP contribution in [0.25, 0.3) is 0 Å². The lowest BCUT2D eigenvalue weighted by atomic mass is 9.97. The molecule has 2 aliphatic rings. The largest absolute Gasteiger partial charge is 0.339 e. The second-order valence-corrected chi connectivity index (χ2v) is 7.48. The van der Waals surface area contributed by atoms with E-state index in [1.807, 2.05) is 16.7 Å². The van der Waals surface area contributed by atoms with E-state index in [1.54, 1.807) is 6.92 Å². The summed E-state index contributed by atoms with van der Waals surface area (Å²) in [6, 6.07) is 0.167. The van der Waals surface area contributed by atoms with Gasteiger partial charge in [0.15, 0.2) is 0 Å². The van der Waals surface area contributed by atoms with Crippen LogP contribution in [0.2, 0.25) is 0 Å². The molecule has 3 nitrogen and oxygen atoms in total. The Balaban J connectivity index is 1.93. The third-order valence-electron chi connectivity index (χ3n) is 4.52. The van der Waals surface area contributed by atoms with Gasteiger partial charge in [0.2, 0.25) is 5.91 Å². The maximum Gasteiger partial charge on any atom is 0.223 e. The number of hydrogen-bond donors (Lipinski definition) is 0. The first kappa shape index (κ1) is 15.9. The van der Waals surface area contributed by atoms with Gasteiger partial charge in [-0.05, 0) is 50.0 Å². The number of carbonyl (C=O) groups is 2. The van der Waals surface area contributed by atoms with Gasteiger partial charge in [-0.15, -0.1) is 0 Å². The van der Waals surface area contributed by atoms with Gasteiger partial charge in [-0.3, -0.25) is 9.59 Å². The molecule has 0 spiro atoms. The number of carbonyl (C=O) groups excluding carboxylic acids is 2. The number of Topliss-reactive ketones (excluding diaryl/α,β-unsaturated/α-hetero) is 1. The first-order valence-corrected chi connectivity index (χ1v) is 9.19. The van der Waals surface area contributed by atoms with E-state index < -0.39 is 0 Å². The van der Waals surface area contributed by atoms with Crippen LogP contribution < -0.4 is 0 Å². The van der Waals surface area contributed by atoms with Gasteiger partial charge in [0.1, 0.15) is 5.78 Å². The molecular formula is C16H27NO2S. The third kappa shape index (κ3) is 4.80. The van der Waals surface area contributed by atoms with E-state index >= 15 is 0 Å². The summed E-state index contributed by atoms with van der Waals surface area (Å²) in [4.78, 5) is 26.1. The van der Waals surface area contributed by atoms with Crippen molar-refractivity contribution in [3.8, 4) is 0 Å². The molecule has 2 heterocycles. The van der Waals surface area contributed by atoms with E-state index in [-0.39, 0.29) is 11.8 Å². The summed E-state index contributed by atoms with van der Waals surface area (Å²) in [5, 5.41) is 0. The van der Waals surface area contributed by atoms with Crippen LogP contribution in [0.5, 0.6) is 0 Å². The molecule has 2 fully saturated rings. The van der Waals surface area contributed by atoms with Crippen LogP contribution in [-0.4, -0.2) is 40.7 Å². The van der Waals surface area contributed by atoms with Crippen molar-refractivity contribution >= 4 is 23.5 Å². The van der Waals surface area contributed by atoms with Crippen LogP contribution in [0.4, 0.5) is 0 Å². The Morgan fingerprint density at radius 2 is 1.80 bits per heavy atom. The number of likely N-dealkylation sites (tertiary alicyclic amines) is 1. The molecule has 1 atom stereocenters. The fourth-order valence-electron chi connectivity index (χ4n) is 3.36. The van der Waals surface area contributed by atoms with E-state index in [0.29, 0.717) is 24.7 Å². The molecule has 0 N–H and O–H groups in total. The molecule has 4 heteroatoms. The van der Waals surface area contributed by atoms with Gasteiger partial charge in [0.05, 0.1) is 0 Å². The highest BCUT2D eigenvalue weighted by Gasteiger charge is 2.28. The fraction of sp³-hybridized carbons (Fsp3) is 0.875. The molecule has 0 aliphatic carbocycles. The average molecular weight is 297 g/mol. The van der Waals surface area contributed by atoms with Crippen molar-refractivity contribution in [2.45, 2.75) is 64.3 Å². The molecule has 0 radical (unpaired) electrons. The maximum atomic E-state index is 12.6. The van der Waals surface area contributed by atoms with Crippen molar-refractivity contribution in [3.05, 3.63) is 0 Å². The third-order valence-corrected chi connectivity index (χ3v) is 5.57. The second kappa shape index (κ2) is 8.06. The molecule has 0 bridgehead atoms. The van der Waals surface area contributed by atoms with Crippen LogP contribution >= 0.6 is 11.8 Å². The Labute approximate surface area is 126 Å².